The maximum atomic E-state index is 13.5. The largest absolute Gasteiger partial charge is 0.461 e. The number of benzene rings is 1. The van der Waals surface area contributed by atoms with Gasteiger partial charge in [-0.15, -0.1) is 0 Å². The van der Waals surface area contributed by atoms with Crippen molar-refractivity contribution in [2.24, 2.45) is 5.92 Å². The lowest BCUT2D eigenvalue weighted by molar-refractivity contribution is -0.146. The van der Waals surface area contributed by atoms with Crippen molar-refractivity contribution in [3.63, 3.8) is 0 Å². The number of nitrogens with one attached hydrogen (secondary N) is 1. The van der Waals surface area contributed by atoms with Crippen molar-refractivity contribution in [2.75, 3.05) is 13.1 Å². The summed E-state index contributed by atoms with van der Waals surface area (Å²) in [6.45, 7) is 1.51. The minimum Gasteiger partial charge on any atom is -0.461 e. The quantitative estimate of drug-likeness (QED) is 0.832. The van der Waals surface area contributed by atoms with E-state index in [1.807, 2.05) is 30.3 Å². The Balaban J connectivity index is 1.75. The van der Waals surface area contributed by atoms with Gasteiger partial charge < -0.3 is 10.1 Å². The fourth-order valence-corrected chi connectivity index (χ4v) is 2.10. The Morgan fingerprint density at radius 2 is 2.17 bits per heavy atom. The Hall–Kier alpha value is -1.42. The maximum absolute atomic E-state index is 13.5. The second-order valence-electron chi connectivity index (χ2n) is 4.62. The lowest BCUT2D eigenvalue weighted by atomic mass is 9.94. The first-order valence-corrected chi connectivity index (χ1v) is 6.30. The van der Waals surface area contributed by atoms with Crippen LogP contribution < -0.4 is 5.32 Å². The van der Waals surface area contributed by atoms with Crippen molar-refractivity contribution in [3.8, 4) is 0 Å². The Morgan fingerprint density at radius 3 is 2.89 bits per heavy atom. The first-order chi connectivity index (χ1) is 8.75. The molecule has 1 aliphatic rings. The zero-order valence-corrected chi connectivity index (χ0v) is 10.3. The third-order valence-corrected chi connectivity index (χ3v) is 3.19. The molecule has 2 atom stereocenters. The Kier molecular flexibility index (Phi) is 4.70. The van der Waals surface area contributed by atoms with Crippen LogP contribution in [0.15, 0.2) is 30.3 Å². The highest BCUT2D eigenvalue weighted by Crippen LogP contribution is 2.19. The van der Waals surface area contributed by atoms with Gasteiger partial charge >= 0.3 is 5.97 Å². The lowest BCUT2D eigenvalue weighted by Crippen LogP contribution is -2.39. The summed E-state index contributed by atoms with van der Waals surface area (Å²) < 4.78 is 18.7. The summed E-state index contributed by atoms with van der Waals surface area (Å²) in [6.07, 6.45) is -0.256. The monoisotopic (exact) mass is 251 g/mol. The smallest absolute Gasteiger partial charge is 0.306 e. The van der Waals surface area contributed by atoms with E-state index in [0.29, 0.717) is 19.5 Å². The molecule has 0 spiro atoms. The molecule has 0 amide bonds. The predicted octanol–water partition coefficient (Wildman–Crippen LogP) is 2.07. The van der Waals surface area contributed by atoms with Gasteiger partial charge in [0, 0.05) is 12.5 Å². The van der Waals surface area contributed by atoms with E-state index < -0.39 is 6.17 Å². The molecule has 3 nitrogen and oxygen atoms in total. The lowest BCUT2D eigenvalue weighted by Gasteiger charge is -2.25. The number of hydrogen-bond donors (Lipinski definition) is 1. The fraction of sp³-hybridized carbons (Fsp3) is 0.500. The number of ether oxygens (including phenoxy) is 1. The Bertz CT molecular complexity index is 383. The number of carbonyl (C=O) groups excluding carboxylic acids is 1. The molecule has 18 heavy (non-hydrogen) atoms. The number of rotatable bonds is 4. The third kappa shape index (κ3) is 3.81. The normalized spacial score (nSPS) is 23.6. The minimum absolute atomic E-state index is 0.154. The van der Waals surface area contributed by atoms with E-state index in [4.69, 9.17) is 4.74 Å². The Labute approximate surface area is 106 Å². The van der Waals surface area contributed by atoms with Gasteiger partial charge in [0.05, 0.1) is 6.42 Å². The van der Waals surface area contributed by atoms with Crippen LogP contribution in [-0.2, 0) is 16.1 Å². The molecule has 0 aliphatic carbocycles. The van der Waals surface area contributed by atoms with Gasteiger partial charge in [0.1, 0.15) is 12.8 Å². The standard InChI is InChI=1S/C14H18FNO2/c15-13-6-7-16-9-12(13)8-14(17)18-10-11-4-2-1-3-5-11/h1-5,12-13,16H,6-10H2/t12-,13+/m1/s1. The average Bonchev–Trinajstić information content (AvgIpc) is 2.40. The van der Waals surface area contributed by atoms with Crippen LogP contribution >= 0.6 is 0 Å². The second kappa shape index (κ2) is 6.50. The van der Waals surface area contributed by atoms with E-state index in [0.717, 1.165) is 5.56 Å². The highest BCUT2D eigenvalue weighted by Gasteiger charge is 2.27. The van der Waals surface area contributed by atoms with Crippen LogP contribution in [0.1, 0.15) is 18.4 Å². The first kappa shape index (κ1) is 13.0. The van der Waals surface area contributed by atoms with Crippen molar-refractivity contribution in [2.45, 2.75) is 25.6 Å². The summed E-state index contributed by atoms with van der Waals surface area (Å²) in [5, 5.41) is 3.10. The molecule has 1 heterocycles. The van der Waals surface area contributed by atoms with Gasteiger partial charge in [0.2, 0.25) is 0 Å². The van der Waals surface area contributed by atoms with E-state index in [1.165, 1.54) is 0 Å². The maximum Gasteiger partial charge on any atom is 0.306 e. The molecule has 98 valence electrons. The zero-order valence-electron chi connectivity index (χ0n) is 10.3. The van der Waals surface area contributed by atoms with Crippen LogP contribution in [0.5, 0.6) is 0 Å². The van der Waals surface area contributed by atoms with Crippen LogP contribution in [0, 0.1) is 5.92 Å². The van der Waals surface area contributed by atoms with Gasteiger partial charge in [-0.2, -0.15) is 0 Å². The summed E-state index contributed by atoms with van der Waals surface area (Å²) in [5.74, 6) is -0.572. The molecule has 1 aliphatic heterocycles. The molecule has 0 aromatic heterocycles. The topological polar surface area (TPSA) is 38.3 Å². The molecular formula is C14H18FNO2. The van der Waals surface area contributed by atoms with Crippen LogP contribution in [0.4, 0.5) is 4.39 Å². The predicted molar refractivity (Wildman–Crippen MR) is 66.7 cm³/mol. The fourth-order valence-electron chi connectivity index (χ4n) is 2.10. The molecule has 1 aromatic carbocycles. The molecule has 2 rings (SSSR count). The van der Waals surface area contributed by atoms with E-state index in [9.17, 15) is 9.18 Å². The van der Waals surface area contributed by atoms with Crippen LogP contribution in [0.3, 0.4) is 0 Å². The third-order valence-electron chi connectivity index (χ3n) is 3.19. The van der Waals surface area contributed by atoms with Crippen molar-refractivity contribution >= 4 is 5.97 Å². The molecule has 1 aromatic rings. The summed E-state index contributed by atoms with van der Waals surface area (Å²) in [4.78, 5) is 11.6. The van der Waals surface area contributed by atoms with E-state index >= 15 is 0 Å². The molecule has 1 fully saturated rings. The van der Waals surface area contributed by atoms with Gasteiger partial charge in [-0.3, -0.25) is 4.79 Å². The number of hydrogen-bond acceptors (Lipinski definition) is 3. The van der Waals surface area contributed by atoms with Gasteiger partial charge in [0.25, 0.3) is 0 Å². The summed E-state index contributed by atoms with van der Waals surface area (Å²) in [5.41, 5.74) is 0.949. The van der Waals surface area contributed by atoms with Gasteiger partial charge in [-0.1, -0.05) is 30.3 Å². The van der Waals surface area contributed by atoms with E-state index in [-0.39, 0.29) is 24.9 Å². The van der Waals surface area contributed by atoms with Crippen LogP contribution in [0.25, 0.3) is 0 Å². The molecule has 0 unspecified atom stereocenters. The second-order valence-corrected chi connectivity index (χ2v) is 4.62. The van der Waals surface area contributed by atoms with E-state index in [1.54, 1.807) is 0 Å². The number of piperidine rings is 1. The molecule has 0 bridgehead atoms. The van der Waals surface area contributed by atoms with Crippen molar-refractivity contribution < 1.29 is 13.9 Å². The number of halogens is 1. The van der Waals surface area contributed by atoms with E-state index in [2.05, 4.69) is 5.32 Å². The SMILES string of the molecule is O=C(C[C@@H]1CNCC[C@@H]1F)OCc1ccccc1. The molecule has 1 N–H and O–H groups in total. The molecule has 4 heteroatoms. The zero-order chi connectivity index (χ0) is 12.8. The summed E-state index contributed by atoms with van der Waals surface area (Å²) in [7, 11) is 0. The molecule has 0 radical (unpaired) electrons. The Morgan fingerprint density at radius 1 is 1.39 bits per heavy atom. The number of esters is 1. The number of carbonyl (C=O) groups is 1. The molecular weight excluding hydrogens is 233 g/mol. The first-order valence-electron chi connectivity index (χ1n) is 6.30. The van der Waals surface area contributed by atoms with Gasteiger partial charge in [-0.25, -0.2) is 4.39 Å². The highest BCUT2D eigenvalue weighted by atomic mass is 19.1. The molecule has 1 saturated heterocycles. The van der Waals surface area contributed by atoms with Crippen LogP contribution in [-0.4, -0.2) is 25.2 Å². The van der Waals surface area contributed by atoms with Crippen molar-refractivity contribution in [1.82, 2.24) is 5.32 Å². The average molecular weight is 251 g/mol. The summed E-state index contributed by atoms with van der Waals surface area (Å²) >= 11 is 0. The highest BCUT2D eigenvalue weighted by molar-refractivity contribution is 5.69. The van der Waals surface area contributed by atoms with Gasteiger partial charge in [-0.05, 0) is 18.5 Å². The minimum atomic E-state index is -0.893. The van der Waals surface area contributed by atoms with Crippen LogP contribution in [0.2, 0.25) is 0 Å². The summed E-state index contributed by atoms with van der Waals surface area (Å²) in [6, 6.07) is 9.49. The number of alkyl halides is 1. The molecule has 0 saturated carbocycles. The van der Waals surface area contributed by atoms with Crippen molar-refractivity contribution in [3.05, 3.63) is 35.9 Å². The van der Waals surface area contributed by atoms with Gasteiger partial charge in [0.15, 0.2) is 0 Å². The van der Waals surface area contributed by atoms with Crippen molar-refractivity contribution in [1.29, 1.82) is 0 Å².